The minimum atomic E-state index is 0.584. The summed E-state index contributed by atoms with van der Waals surface area (Å²) in [5.41, 5.74) is 8.92. The number of nitrogens with two attached hydrogens (primary N) is 1. The van der Waals surface area contributed by atoms with Crippen molar-refractivity contribution in [3.63, 3.8) is 0 Å². The van der Waals surface area contributed by atoms with E-state index in [9.17, 15) is 0 Å². The summed E-state index contributed by atoms with van der Waals surface area (Å²) < 4.78 is 10.6. The van der Waals surface area contributed by atoms with E-state index in [1.165, 1.54) is 6.33 Å². The predicted molar refractivity (Wildman–Crippen MR) is 94.7 cm³/mol. The number of hydrogen-bond donors (Lipinski definition) is 2. The van der Waals surface area contributed by atoms with Crippen LogP contribution in [0.25, 0.3) is 11.3 Å². The van der Waals surface area contributed by atoms with E-state index in [-0.39, 0.29) is 0 Å². The largest absolute Gasteiger partial charge is 0.496 e. The lowest BCUT2D eigenvalue weighted by Crippen LogP contribution is -1.98. The van der Waals surface area contributed by atoms with Crippen molar-refractivity contribution in [1.82, 2.24) is 9.97 Å². The lowest BCUT2D eigenvalue weighted by Gasteiger charge is -2.11. The number of hydrogen-bond acceptors (Lipinski definition) is 6. The summed E-state index contributed by atoms with van der Waals surface area (Å²) in [6.07, 6.45) is 1.51. The number of methoxy groups -OCH3 is 2. The normalized spacial score (nSPS) is 10.2. The molecule has 1 heterocycles. The summed E-state index contributed by atoms with van der Waals surface area (Å²) in [7, 11) is 3.22. The Morgan fingerprint density at radius 3 is 2.50 bits per heavy atom. The molecule has 0 amide bonds. The topological polar surface area (TPSA) is 82.3 Å². The minimum absolute atomic E-state index is 0.584. The molecule has 0 saturated heterocycles. The third-order valence-corrected chi connectivity index (χ3v) is 3.56. The Balaban J connectivity index is 1.91. The van der Waals surface area contributed by atoms with Gasteiger partial charge in [-0.1, -0.05) is 12.1 Å². The van der Waals surface area contributed by atoms with Crippen molar-refractivity contribution < 1.29 is 9.47 Å². The highest BCUT2D eigenvalue weighted by molar-refractivity contribution is 5.71. The average Bonchev–Trinajstić information content (AvgIpc) is 2.63. The summed E-state index contributed by atoms with van der Waals surface area (Å²) in [6, 6.07) is 15.0. The number of anilines is 3. The minimum Gasteiger partial charge on any atom is -0.496 e. The van der Waals surface area contributed by atoms with Gasteiger partial charge in [-0.15, -0.1) is 0 Å². The third-order valence-electron chi connectivity index (χ3n) is 3.56. The van der Waals surface area contributed by atoms with Crippen molar-refractivity contribution in [1.29, 1.82) is 0 Å². The van der Waals surface area contributed by atoms with E-state index in [4.69, 9.17) is 15.2 Å². The molecule has 3 aromatic rings. The Kier molecular flexibility index (Phi) is 4.47. The van der Waals surface area contributed by atoms with E-state index in [1.54, 1.807) is 20.3 Å². The molecule has 2 aromatic carbocycles. The highest BCUT2D eigenvalue weighted by Gasteiger charge is 2.08. The Morgan fingerprint density at radius 2 is 1.71 bits per heavy atom. The van der Waals surface area contributed by atoms with Crippen LogP contribution in [0.3, 0.4) is 0 Å². The number of nitrogens with zero attached hydrogens (tertiary/aromatic N) is 2. The molecule has 0 atom stereocenters. The first-order valence-corrected chi connectivity index (χ1v) is 7.37. The first-order valence-electron chi connectivity index (χ1n) is 7.37. The third kappa shape index (κ3) is 3.22. The van der Waals surface area contributed by atoms with Gasteiger partial charge in [0, 0.05) is 23.4 Å². The molecule has 1 aromatic heterocycles. The highest BCUT2D eigenvalue weighted by atomic mass is 16.5. The van der Waals surface area contributed by atoms with E-state index in [0.29, 0.717) is 17.3 Å². The van der Waals surface area contributed by atoms with Crippen LogP contribution in [0, 0.1) is 0 Å². The molecule has 24 heavy (non-hydrogen) atoms. The van der Waals surface area contributed by atoms with Crippen LogP contribution in [0.15, 0.2) is 54.9 Å². The molecule has 0 fully saturated rings. The molecule has 0 bridgehead atoms. The highest BCUT2D eigenvalue weighted by Crippen LogP contribution is 2.30. The second-order valence-corrected chi connectivity index (χ2v) is 5.07. The zero-order valence-corrected chi connectivity index (χ0v) is 13.5. The molecule has 0 aliphatic carbocycles. The van der Waals surface area contributed by atoms with Crippen LogP contribution in [-0.4, -0.2) is 24.2 Å². The van der Waals surface area contributed by atoms with Crippen LogP contribution >= 0.6 is 0 Å². The van der Waals surface area contributed by atoms with Gasteiger partial charge >= 0.3 is 0 Å². The standard InChI is InChI=1S/C18H18N4O2/c1-23-16-6-4-3-5-13(16)15-10-18(21-11-20-15)22-12-7-8-14(19)17(9-12)24-2/h3-11H,19H2,1-2H3,(H,20,21,22). The Labute approximate surface area is 140 Å². The number of benzene rings is 2. The Morgan fingerprint density at radius 1 is 0.917 bits per heavy atom. The lowest BCUT2D eigenvalue weighted by molar-refractivity contribution is 0.416. The van der Waals surface area contributed by atoms with E-state index >= 15 is 0 Å². The summed E-state index contributed by atoms with van der Waals surface area (Å²) in [4.78, 5) is 8.59. The molecule has 3 N–H and O–H groups in total. The first kappa shape index (κ1) is 15.6. The fraction of sp³-hybridized carbons (Fsp3) is 0.111. The second kappa shape index (κ2) is 6.87. The zero-order chi connectivity index (χ0) is 16.9. The van der Waals surface area contributed by atoms with Gasteiger partial charge in [0.15, 0.2) is 0 Å². The van der Waals surface area contributed by atoms with Gasteiger partial charge in [0.2, 0.25) is 0 Å². The average molecular weight is 322 g/mol. The van der Waals surface area contributed by atoms with Gasteiger partial charge in [-0.05, 0) is 24.3 Å². The summed E-state index contributed by atoms with van der Waals surface area (Å²) in [5, 5.41) is 3.23. The summed E-state index contributed by atoms with van der Waals surface area (Å²) in [6.45, 7) is 0. The quantitative estimate of drug-likeness (QED) is 0.700. The monoisotopic (exact) mass is 322 g/mol. The molecule has 0 radical (unpaired) electrons. The van der Waals surface area contributed by atoms with Gasteiger partial charge in [-0.2, -0.15) is 0 Å². The van der Waals surface area contributed by atoms with Crippen LogP contribution in [0.1, 0.15) is 0 Å². The predicted octanol–water partition coefficient (Wildman–Crippen LogP) is 3.49. The van der Waals surface area contributed by atoms with Gasteiger partial charge in [0.05, 0.1) is 25.6 Å². The zero-order valence-electron chi connectivity index (χ0n) is 13.5. The number of aromatic nitrogens is 2. The molecule has 6 nitrogen and oxygen atoms in total. The molecule has 0 aliphatic rings. The number of nitrogens with one attached hydrogen (secondary N) is 1. The molecule has 0 saturated carbocycles. The number of nitrogen functional groups attached to an aromatic ring is 1. The van der Waals surface area contributed by atoms with Gasteiger partial charge in [0.1, 0.15) is 23.6 Å². The Hall–Kier alpha value is -3.28. The van der Waals surface area contributed by atoms with E-state index in [0.717, 1.165) is 22.7 Å². The van der Waals surface area contributed by atoms with Crippen molar-refractivity contribution in [2.24, 2.45) is 0 Å². The van der Waals surface area contributed by atoms with Crippen molar-refractivity contribution in [2.45, 2.75) is 0 Å². The smallest absolute Gasteiger partial charge is 0.143 e. The second-order valence-electron chi connectivity index (χ2n) is 5.07. The van der Waals surface area contributed by atoms with Crippen molar-refractivity contribution in [3.05, 3.63) is 54.9 Å². The van der Waals surface area contributed by atoms with Crippen LogP contribution in [0.4, 0.5) is 17.2 Å². The van der Waals surface area contributed by atoms with Gasteiger partial charge in [-0.25, -0.2) is 9.97 Å². The maximum absolute atomic E-state index is 5.83. The molecular weight excluding hydrogens is 304 g/mol. The van der Waals surface area contributed by atoms with Crippen molar-refractivity contribution in [2.75, 3.05) is 25.3 Å². The SMILES string of the molecule is COc1cc(Nc2cc(-c3ccccc3OC)ncn2)ccc1N. The number of para-hydroxylation sites is 1. The molecule has 6 heteroatoms. The van der Waals surface area contributed by atoms with Crippen molar-refractivity contribution in [3.8, 4) is 22.8 Å². The van der Waals surface area contributed by atoms with Gasteiger partial charge < -0.3 is 20.5 Å². The van der Waals surface area contributed by atoms with E-state index in [2.05, 4.69) is 15.3 Å². The number of ether oxygens (including phenoxy) is 2. The fourth-order valence-electron chi connectivity index (χ4n) is 2.37. The molecule has 0 spiro atoms. The first-order chi connectivity index (χ1) is 11.7. The van der Waals surface area contributed by atoms with Gasteiger partial charge in [0.25, 0.3) is 0 Å². The lowest BCUT2D eigenvalue weighted by atomic mass is 10.1. The molecule has 0 aliphatic heterocycles. The van der Waals surface area contributed by atoms with Crippen molar-refractivity contribution >= 4 is 17.2 Å². The molecule has 0 unspecified atom stereocenters. The fourth-order valence-corrected chi connectivity index (χ4v) is 2.37. The maximum atomic E-state index is 5.83. The summed E-state index contributed by atoms with van der Waals surface area (Å²) >= 11 is 0. The molecule has 122 valence electrons. The maximum Gasteiger partial charge on any atom is 0.143 e. The van der Waals surface area contributed by atoms with Crippen LogP contribution in [0.2, 0.25) is 0 Å². The Bertz CT molecular complexity index is 852. The van der Waals surface area contributed by atoms with Crippen LogP contribution in [0.5, 0.6) is 11.5 Å². The van der Waals surface area contributed by atoms with Crippen LogP contribution < -0.4 is 20.5 Å². The molecule has 3 rings (SSSR count). The van der Waals surface area contributed by atoms with E-state index in [1.807, 2.05) is 42.5 Å². The van der Waals surface area contributed by atoms with Crippen LogP contribution in [-0.2, 0) is 0 Å². The van der Waals surface area contributed by atoms with Gasteiger partial charge in [-0.3, -0.25) is 0 Å². The molecular formula is C18H18N4O2. The summed E-state index contributed by atoms with van der Waals surface area (Å²) in [5.74, 6) is 2.04. The number of rotatable bonds is 5. The van der Waals surface area contributed by atoms with E-state index < -0.39 is 0 Å².